The Morgan fingerprint density at radius 2 is 1.78 bits per heavy atom. The summed E-state index contributed by atoms with van der Waals surface area (Å²) < 4.78 is 44.7. The van der Waals surface area contributed by atoms with Crippen molar-refractivity contribution >= 4 is 27.6 Å². The predicted octanol–water partition coefficient (Wildman–Crippen LogP) is 1.57. The van der Waals surface area contributed by atoms with Crippen LogP contribution in [-0.4, -0.2) is 24.0 Å². The number of carbonyl (C=O) groups excluding carboxylic acids is 1. The van der Waals surface area contributed by atoms with Gasteiger partial charge in [-0.3, -0.25) is 0 Å². The molecule has 27 heavy (non-hydrogen) atoms. The number of aromatic hydroxyl groups is 1. The van der Waals surface area contributed by atoms with Gasteiger partial charge in [0, 0.05) is 17.4 Å². The molecule has 0 fully saturated rings. The number of carboxylic acid groups (broad SMARTS) is 1. The fraction of sp³-hybridized carbons (Fsp3) is 0.222. The predicted molar refractivity (Wildman–Crippen MR) is 84.2 cm³/mol. The van der Waals surface area contributed by atoms with Crippen molar-refractivity contribution in [1.82, 2.24) is 0 Å². The monoisotopic (exact) mass is 379 g/mol. The van der Waals surface area contributed by atoms with E-state index in [1.165, 1.54) is 11.1 Å². The topological polar surface area (TPSA) is 82.7 Å². The highest BCUT2D eigenvalue weighted by Gasteiger charge is 2.29. The van der Waals surface area contributed by atoms with Crippen LogP contribution in [0, 0.1) is 0 Å². The second-order valence-corrected chi connectivity index (χ2v) is 6.15. The van der Waals surface area contributed by atoms with Crippen molar-refractivity contribution in [3.8, 4) is 17.2 Å². The van der Waals surface area contributed by atoms with E-state index in [1.807, 2.05) is 24.3 Å². The van der Waals surface area contributed by atoms with E-state index >= 15 is 0 Å². The maximum Gasteiger partial charge on any atom is 0.430 e. The number of halogens is 3. The van der Waals surface area contributed by atoms with Crippen LogP contribution in [0.5, 0.6) is 17.2 Å². The Morgan fingerprint density at radius 1 is 1.11 bits per heavy atom. The van der Waals surface area contributed by atoms with Crippen molar-refractivity contribution in [2.24, 2.45) is 0 Å². The zero-order chi connectivity index (χ0) is 19.3. The Balaban J connectivity index is 0.000000224. The van der Waals surface area contributed by atoms with Crippen molar-refractivity contribution in [2.75, 3.05) is 6.79 Å². The summed E-state index contributed by atoms with van der Waals surface area (Å²) in [6.45, 7) is 1.24. The molecule has 9 heteroatoms. The van der Waals surface area contributed by atoms with Gasteiger partial charge in [0.25, 0.3) is 0 Å². The summed E-state index contributed by atoms with van der Waals surface area (Å²) in [5.41, 5.74) is 2.42. The van der Waals surface area contributed by atoms with Gasteiger partial charge in [-0.2, -0.15) is 17.7 Å². The van der Waals surface area contributed by atoms with Crippen molar-refractivity contribution in [2.45, 2.75) is 19.1 Å². The first-order valence-electron chi connectivity index (χ1n) is 7.93. The number of ether oxygens (including phenoxy) is 2. The number of phenols is 1. The summed E-state index contributed by atoms with van der Waals surface area (Å²) in [4.78, 5) is 8.78. The molecule has 0 atom stereocenters. The van der Waals surface area contributed by atoms with Crippen molar-refractivity contribution in [3.05, 3.63) is 36.0 Å². The molecule has 0 bridgehead atoms. The molecule has 2 aliphatic rings. The van der Waals surface area contributed by atoms with Gasteiger partial charge in [0.15, 0.2) is 24.2 Å². The maximum atomic E-state index is 10.5. The van der Waals surface area contributed by atoms with Gasteiger partial charge in [-0.05, 0) is 24.3 Å². The molecule has 0 saturated carbocycles. The lowest BCUT2D eigenvalue weighted by Crippen LogP contribution is -2.37. The van der Waals surface area contributed by atoms with Crippen LogP contribution in [0.4, 0.5) is 13.2 Å². The highest BCUT2D eigenvalue weighted by Crippen LogP contribution is 2.39. The van der Waals surface area contributed by atoms with Crippen LogP contribution < -0.4 is 19.1 Å². The molecule has 1 aromatic heterocycles. The number of aryl methyl sites for hydroxylation is 2. The van der Waals surface area contributed by atoms with Gasteiger partial charge in [-0.25, -0.2) is 0 Å². The Hall–Kier alpha value is -3.23. The number of aliphatic carboxylic acids is 1. The van der Waals surface area contributed by atoms with E-state index in [-0.39, 0.29) is 6.79 Å². The quantitative estimate of drug-likeness (QED) is 0.474. The van der Waals surface area contributed by atoms with Gasteiger partial charge < -0.3 is 24.5 Å². The smallest absolute Gasteiger partial charge is 0.430 e. The molecule has 6 nitrogen and oxygen atoms in total. The molecule has 0 aliphatic carbocycles. The van der Waals surface area contributed by atoms with E-state index in [4.69, 9.17) is 19.4 Å². The number of rotatable bonds is 0. The average Bonchev–Trinajstić information content (AvgIpc) is 3.20. The summed E-state index contributed by atoms with van der Waals surface area (Å²) in [7, 11) is 0. The van der Waals surface area contributed by atoms with Crippen LogP contribution in [0.25, 0.3) is 21.7 Å². The first-order chi connectivity index (χ1) is 12.7. The van der Waals surface area contributed by atoms with Gasteiger partial charge in [-0.15, -0.1) is 0 Å². The largest absolute Gasteiger partial charge is 0.542 e. The minimum Gasteiger partial charge on any atom is -0.542 e. The zero-order valence-corrected chi connectivity index (χ0v) is 13.7. The third-order valence-corrected chi connectivity index (χ3v) is 4.44. The second-order valence-electron chi connectivity index (χ2n) is 6.15. The van der Waals surface area contributed by atoms with Crippen LogP contribution in [-0.2, 0) is 17.8 Å². The van der Waals surface area contributed by atoms with Crippen LogP contribution >= 0.6 is 0 Å². The second kappa shape index (κ2) is 5.90. The van der Waals surface area contributed by atoms with Crippen LogP contribution in [0.3, 0.4) is 0 Å². The Bertz CT molecular complexity index is 1090. The van der Waals surface area contributed by atoms with Crippen LogP contribution in [0.2, 0.25) is 0 Å². The van der Waals surface area contributed by atoms with E-state index in [9.17, 15) is 18.3 Å². The van der Waals surface area contributed by atoms with Gasteiger partial charge in [0.05, 0.1) is 10.8 Å². The number of phenolic OH excluding ortho intramolecular Hbond substituents is 1. The number of pyridine rings is 1. The lowest BCUT2D eigenvalue weighted by Gasteiger charge is -2.04. The fourth-order valence-corrected chi connectivity index (χ4v) is 3.36. The lowest BCUT2D eigenvalue weighted by atomic mass is 10.0. The zero-order valence-electron chi connectivity index (χ0n) is 13.7. The van der Waals surface area contributed by atoms with E-state index in [0.29, 0.717) is 5.75 Å². The molecule has 0 saturated heterocycles. The first kappa shape index (κ1) is 17.2. The van der Waals surface area contributed by atoms with E-state index in [1.54, 1.807) is 0 Å². The molecule has 2 aromatic carbocycles. The number of fused-ring (bicyclic) bond motifs is 3. The summed E-state index contributed by atoms with van der Waals surface area (Å²) in [6, 6.07) is 7.73. The number of alkyl halides is 3. The molecular weight excluding hydrogens is 367 g/mol. The van der Waals surface area contributed by atoms with Crippen LogP contribution in [0.1, 0.15) is 5.56 Å². The molecule has 140 valence electrons. The summed E-state index contributed by atoms with van der Waals surface area (Å²) in [6.07, 6.45) is -2.07. The molecule has 1 N–H and O–H groups in total. The molecular formula is C18H12F3NO5. The molecule has 2 aliphatic heterocycles. The van der Waals surface area contributed by atoms with Crippen molar-refractivity contribution in [1.29, 1.82) is 0 Å². The number of hydrogen-bond donors (Lipinski definition) is 1. The Labute approximate surface area is 150 Å². The fourth-order valence-electron chi connectivity index (χ4n) is 3.36. The molecule has 0 amide bonds. The molecule has 0 unspecified atom stereocenters. The minimum absolute atomic E-state index is 0.278. The van der Waals surface area contributed by atoms with E-state index in [2.05, 4.69) is 10.8 Å². The maximum absolute atomic E-state index is 10.5. The summed E-state index contributed by atoms with van der Waals surface area (Å²) >= 11 is 0. The number of aromatic nitrogens is 1. The number of carbonyl (C=O) groups is 1. The van der Waals surface area contributed by atoms with Gasteiger partial charge in [0.1, 0.15) is 11.7 Å². The Morgan fingerprint density at radius 3 is 2.44 bits per heavy atom. The highest BCUT2D eigenvalue weighted by molar-refractivity contribution is 6.06. The lowest BCUT2D eigenvalue weighted by molar-refractivity contribution is -0.662. The highest BCUT2D eigenvalue weighted by atomic mass is 19.4. The van der Waals surface area contributed by atoms with Crippen molar-refractivity contribution in [3.63, 3.8) is 0 Å². The standard InChI is InChI=1S/C16H11NO3.C2HF3O2/c18-11-3-9-1-2-17-7-10-4-14-15(20-8-19-14)6-12(10)13(5-11)16(9)17;3-2(4,5)1(6)7/h3-7H,1-2,8H2;(H,6,7). The first-order valence-corrected chi connectivity index (χ1v) is 7.93. The number of benzene rings is 2. The van der Waals surface area contributed by atoms with Gasteiger partial charge in [0.2, 0.25) is 12.3 Å². The van der Waals surface area contributed by atoms with E-state index < -0.39 is 12.1 Å². The minimum atomic E-state index is -5.19. The van der Waals surface area contributed by atoms with E-state index in [0.717, 1.165) is 40.6 Å². The van der Waals surface area contributed by atoms with Gasteiger partial charge in [-0.1, -0.05) is 0 Å². The molecule has 3 aromatic rings. The molecule has 0 spiro atoms. The molecule has 3 heterocycles. The van der Waals surface area contributed by atoms with Crippen LogP contribution in [0.15, 0.2) is 30.5 Å². The average molecular weight is 379 g/mol. The molecule has 5 rings (SSSR count). The third-order valence-electron chi connectivity index (χ3n) is 4.44. The summed E-state index contributed by atoms with van der Waals surface area (Å²) in [5.74, 6) is -1.11. The van der Waals surface area contributed by atoms with Gasteiger partial charge >= 0.3 is 6.18 Å². The normalized spacial score (nSPS) is 14.3. The molecule has 0 radical (unpaired) electrons. The Kier molecular flexibility index (Phi) is 3.76. The number of hydrogen-bond acceptors (Lipinski definition) is 5. The number of carboxylic acids is 1. The summed E-state index contributed by atoms with van der Waals surface area (Å²) in [5, 5.41) is 22.0. The SMILES string of the molecule is O=C([O-])C(F)(F)F.Oc1cc2c3c(c1)c1cc4c(cc1c[n+]3CC2)OCO4. The third kappa shape index (κ3) is 2.94. The number of nitrogens with zero attached hydrogens (tertiary/aromatic N) is 1. The van der Waals surface area contributed by atoms with Crippen molar-refractivity contribution < 1.29 is 42.2 Å².